The quantitative estimate of drug-likeness (QED) is 0.605. The number of nitrogens with two attached hydrogens (primary N) is 1. The number of hydrogen-bond donors (Lipinski definition) is 3. The zero-order valence-corrected chi connectivity index (χ0v) is 6.74. The number of phenols is 1. The maximum atomic E-state index is 10.8. The molecule has 0 unspecified atom stereocenters. The van der Waals surface area contributed by atoms with E-state index >= 15 is 0 Å². The lowest BCUT2D eigenvalue weighted by molar-refractivity contribution is 0.0996. The molecule has 0 fully saturated rings. The van der Waals surface area contributed by atoms with Crippen LogP contribution in [0.3, 0.4) is 0 Å². The van der Waals surface area contributed by atoms with Crippen LogP contribution in [0.4, 0.5) is 0 Å². The summed E-state index contributed by atoms with van der Waals surface area (Å²) in [7, 11) is 0. The molecule has 4 N–H and O–H groups in total. The van der Waals surface area contributed by atoms with Crippen LogP contribution >= 0.6 is 0 Å². The number of H-pyrrole nitrogens is 1. The number of phenolic OH excluding ortho intramolecular Hbond substituents is 1. The zero-order chi connectivity index (χ0) is 9.42. The lowest BCUT2D eigenvalue weighted by Crippen LogP contribution is -2.10. The van der Waals surface area contributed by atoms with E-state index in [1.807, 2.05) is 0 Å². The molecule has 0 aliphatic carbocycles. The summed E-state index contributed by atoms with van der Waals surface area (Å²) >= 11 is 0. The van der Waals surface area contributed by atoms with Gasteiger partial charge in [0.15, 0.2) is 0 Å². The minimum atomic E-state index is -0.532. The van der Waals surface area contributed by atoms with E-state index < -0.39 is 5.91 Å². The number of hydrogen-bond acceptors (Lipinski definition) is 2. The van der Waals surface area contributed by atoms with Crippen LogP contribution in [0.2, 0.25) is 0 Å². The Morgan fingerprint density at radius 2 is 2.23 bits per heavy atom. The first-order chi connectivity index (χ1) is 6.18. The third-order valence-corrected chi connectivity index (χ3v) is 1.91. The van der Waals surface area contributed by atoms with E-state index in [-0.39, 0.29) is 5.75 Å². The number of carbonyl (C=O) groups is 1. The number of aromatic nitrogens is 1. The molecule has 1 heterocycles. The molecule has 4 heteroatoms. The highest BCUT2D eigenvalue weighted by Crippen LogP contribution is 2.24. The molecule has 2 rings (SSSR count). The largest absolute Gasteiger partial charge is 0.507 e. The second-order valence-corrected chi connectivity index (χ2v) is 2.79. The first-order valence-corrected chi connectivity index (χ1v) is 3.79. The minimum Gasteiger partial charge on any atom is -0.507 e. The highest BCUT2D eigenvalue weighted by molar-refractivity contribution is 5.98. The molecule has 0 radical (unpaired) electrons. The Bertz CT molecular complexity index is 473. The van der Waals surface area contributed by atoms with E-state index in [0.717, 1.165) is 0 Å². The van der Waals surface area contributed by atoms with Gasteiger partial charge in [-0.05, 0) is 18.2 Å². The lowest BCUT2D eigenvalue weighted by atomic mass is 10.2. The summed E-state index contributed by atoms with van der Waals surface area (Å²) in [5, 5.41) is 10.0. The fraction of sp³-hybridized carbons (Fsp3) is 0. The fourth-order valence-corrected chi connectivity index (χ4v) is 1.27. The Balaban J connectivity index is 2.75. The number of rotatable bonds is 1. The van der Waals surface area contributed by atoms with Crippen LogP contribution in [0.5, 0.6) is 5.75 Å². The Morgan fingerprint density at radius 3 is 2.85 bits per heavy atom. The van der Waals surface area contributed by atoms with Gasteiger partial charge in [0.05, 0.1) is 0 Å². The van der Waals surface area contributed by atoms with Crippen molar-refractivity contribution in [2.24, 2.45) is 5.73 Å². The van der Waals surface area contributed by atoms with Crippen molar-refractivity contribution in [2.75, 3.05) is 0 Å². The fourth-order valence-electron chi connectivity index (χ4n) is 1.27. The summed E-state index contributed by atoms with van der Waals surface area (Å²) in [6.45, 7) is 0. The van der Waals surface area contributed by atoms with Crippen LogP contribution < -0.4 is 5.73 Å². The monoisotopic (exact) mass is 176 g/mol. The van der Waals surface area contributed by atoms with Crippen molar-refractivity contribution in [2.45, 2.75) is 0 Å². The van der Waals surface area contributed by atoms with Crippen molar-refractivity contribution in [3.8, 4) is 5.75 Å². The first-order valence-electron chi connectivity index (χ1n) is 3.79. The van der Waals surface area contributed by atoms with Crippen LogP contribution in [0.1, 0.15) is 10.5 Å². The molecule has 4 nitrogen and oxygen atoms in total. The summed E-state index contributed by atoms with van der Waals surface area (Å²) in [5.74, 6) is -0.392. The predicted octanol–water partition coefficient (Wildman–Crippen LogP) is 0.972. The SMILES string of the molecule is NC(=O)c1cc2c(O)cccc2[nH]1. The van der Waals surface area contributed by atoms with Crippen molar-refractivity contribution >= 4 is 16.8 Å². The number of benzene rings is 1. The second kappa shape index (κ2) is 2.52. The van der Waals surface area contributed by atoms with E-state index in [9.17, 15) is 9.90 Å². The Kier molecular flexibility index (Phi) is 1.48. The number of fused-ring (bicyclic) bond motifs is 1. The topological polar surface area (TPSA) is 79.1 Å². The molecule has 1 amide bonds. The summed E-state index contributed by atoms with van der Waals surface area (Å²) in [6.07, 6.45) is 0. The van der Waals surface area contributed by atoms with Gasteiger partial charge in [0.2, 0.25) is 0 Å². The average molecular weight is 176 g/mol. The Morgan fingerprint density at radius 1 is 1.46 bits per heavy atom. The van der Waals surface area contributed by atoms with Gasteiger partial charge in [-0.2, -0.15) is 0 Å². The van der Waals surface area contributed by atoms with Crippen molar-refractivity contribution in [1.82, 2.24) is 4.98 Å². The van der Waals surface area contributed by atoms with Gasteiger partial charge in [-0.1, -0.05) is 6.07 Å². The molecule has 2 aromatic rings. The van der Waals surface area contributed by atoms with Gasteiger partial charge in [-0.3, -0.25) is 4.79 Å². The van der Waals surface area contributed by atoms with Gasteiger partial charge in [0.1, 0.15) is 11.4 Å². The lowest BCUT2D eigenvalue weighted by Gasteiger charge is -1.91. The van der Waals surface area contributed by atoms with Gasteiger partial charge < -0.3 is 15.8 Å². The van der Waals surface area contributed by atoms with Crippen LogP contribution in [0, 0.1) is 0 Å². The summed E-state index contributed by atoms with van der Waals surface area (Å²) in [5.41, 5.74) is 6.08. The van der Waals surface area contributed by atoms with Crippen LogP contribution in [-0.4, -0.2) is 16.0 Å². The molecular formula is C9H8N2O2. The van der Waals surface area contributed by atoms with Crippen LogP contribution in [0.25, 0.3) is 10.9 Å². The molecule has 1 aromatic heterocycles. The van der Waals surface area contributed by atoms with Crippen LogP contribution in [-0.2, 0) is 0 Å². The summed E-state index contributed by atoms with van der Waals surface area (Å²) in [4.78, 5) is 13.6. The number of nitrogens with one attached hydrogen (secondary N) is 1. The van der Waals surface area contributed by atoms with Crippen molar-refractivity contribution in [3.05, 3.63) is 30.0 Å². The van der Waals surface area contributed by atoms with Gasteiger partial charge in [0, 0.05) is 10.9 Å². The van der Waals surface area contributed by atoms with Gasteiger partial charge in [0.25, 0.3) is 5.91 Å². The number of aromatic amines is 1. The predicted molar refractivity (Wildman–Crippen MR) is 48.5 cm³/mol. The maximum Gasteiger partial charge on any atom is 0.265 e. The molecule has 0 aliphatic heterocycles. The van der Waals surface area contributed by atoms with Crippen molar-refractivity contribution < 1.29 is 9.90 Å². The molecule has 13 heavy (non-hydrogen) atoms. The zero-order valence-electron chi connectivity index (χ0n) is 6.74. The average Bonchev–Trinajstić information content (AvgIpc) is 2.49. The number of primary amides is 1. The molecule has 0 aliphatic rings. The Hall–Kier alpha value is -1.97. The molecule has 66 valence electrons. The minimum absolute atomic E-state index is 0.140. The summed E-state index contributed by atoms with van der Waals surface area (Å²) < 4.78 is 0. The van der Waals surface area contributed by atoms with Gasteiger partial charge >= 0.3 is 0 Å². The highest BCUT2D eigenvalue weighted by Gasteiger charge is 2.07. The van der Waals surface area contributed by atoms with Crippen molar-refractivity contribution in [1.29, 1.82) is 0 Å². The molecule has 0 bridgehead atoms. The maximum absolute atomic E-state index is 10.8. The van der Waals surface area contributed by atoms with E-state index in [0.29, 0.717) is 16.6 Å². The van der Waals surface area contributed by atoms with Gasteiger partial charge in [-0.25, -0.2) is 0 Å². The molecule has 0 saturated heterocycles. The first kappa shape index (κ1) is 7.67. The number of carbonyl (C=O) groups excluding carboxylic acids is 1. The molecular weight excluding hydrogens is 168 g/mol. The van der Waals surface area contributed by atoms with E-state index in [4.69, 9.17) is 5.73 Å². The van der Waals surface area contributed by atoms with E-state index in [1.54, 1.807) is 18.2 Å². The smallest absolute Gasteiger partial charge is 0.265 e. The van der Waals surface area contributed by atoms with Gasteiger partial charge in [-0.15, -0.1) is 0 Å². The highest BCUT2D eigenvalue weighted by atomic mass is 16.3. The molecule has 0 saturated carbocycles. The van der Waals surface area contributed by atoms with Crippen LogP contribution in [0.15, 0.2) is 24.3 Å². The third-order valence-electron chi connectivity index (χ3n) is 1.91. The number of amides is 1. The number of aromatic hydroxyl groups is 1. The standard InChI is InChI=1S/C9H8N2O2/c10-9(13)7-4-5-6(11-7)2-1-3-8(5)12/h1-4,11-12H,(H2,10,13). The molecule has 0 atom stereocenters. The molecule has 1 aromatic carbocycles. The van der Waals surface area contributed by atoms with E-state index in [2.05, 4.69) is 4.98 Å². The summed E-state index contributed by atoms with van der Waals surface area (Å²) in [6, 6.07) is 6.55. The third kappa shape index (κ3) is 1.12. The normalized spacial score (nSPS) is 10.5. The molecule has 0 spiro atoms. The Labute approximate surface area is 74.0 Å². The van der Waals surface area contributed by atoms with Crippen molar-refractivity contribution in [3.63, 3.8) is 0 Å². The second-order valence-electron chi connectivity index (χ2n) is 2.79. The van der Waals surface area contributed by atoms with E-state index in [1.165, 1.54) is 6.07 Å².